The van der Waals surface area contributed by atoms with Gasteiger partial charge in [0, 0.05) is 30.4 Å². The second kappa shape index (κ2) is 5.71. The van der Waals surface area contributed by atoms with Gasteiger partial charge in [0.15, 0.2) is 0 Å². The second-order valence-corrected chi connectivity index (χ2v) is 4.56. The number of nitrogen functional groups attached to an aromatic ring is 1. The van der Waals surface area contributed by atoms with Gasteiger partial charge in [0.25, 0.3) is 0 Å². The Hall–Kier alpha value is -1.77. The number of hydrogen-bond acceptors (Lipinski definition) is 3. The minimum atomic E-state index is 0.801. The SMILES string of the molecule is CCCN(CCC)c1ccc(N)c2cccnc12. The van der Waals surface area contributed by atoms with Crippen LogP contribution in [0.25, 0.3) is 10.9 Å². The van der Waals surface area contributed by atoms with Crippen molar-refractivity contribution in [3.05, 3.63) is 30.5 Å². The molecule has 0 amide bonds. The number of anilines is 2. The Bertz CT molecular complexity index is 516. The number of hydrogen-bond donors (Lipinski definition) is 1. The highest BCUT2D eigenvalue weighted by molar-refractivity contribution is 5.98. The summed E-state index contributed by atoms with van der Waals surface area (Å²) >= 11 is 0. The minimum absolute atomic E-state index is 0.801. The van der Waals surface area contributed by atoms with Gasteiger partial charge < -0.3 is 10.6 Å². The van der Waals surface area contributed by atoms with Gasteiger partial charge in [0.2, 0.25) is 0 Å². The molecule has 0 saturated carbocycles. The van der Waals surface area contributed by atoms with E-state index in [-0.39, 0.29) is 0 Å². The highest BCUT2D eigenvalue weighted by Crippen LogP contribution is 2.29. The maximum Gasteiger partial charge on any atom is 0.0955 e. The van der Waals surface area contributed by atoms with Crippen molar-refractivity contribution in [2.75, 3.05) is 23.7 Å². The van der Waals surface area contributed by atoms with Crippen LogP contribution in [0.2, 0.25) is 0 Å². The number of aromatic nitrogens is 1. The van der Waals surface area contributed by atoms with E-state index in [1.807, 2.05) is 24.4 Å². The first kappa shape index (κ1) is 12.7. The van der Waals surface area contributed by atoms with E-state index in [1.54, 1.807) is 0 Å². The zero-order chi connectivity index (χ0) is 13.0. The molecule has 0 aliphatic heterocycles. The van der Waals surface area contributed by atoms with Gasteiger partial charge >= 0.3 is 0 Å². The van der Waals surface area contributed by atoms with Crippen LogP contribution in [0.5, 0.6) is 0 Å². The summed E-state index contributed by atoms with van der Waals surface area (Å²) in [5.41, 5.74) is 9.03. The van der Waals surface area contributed by atoms with Gasteiger partial charge in [-0.3, -0.25) is 4.98 Å². The quantitative estimate of drug-likeness (QED) is 0.818. The molecular formula is C15H21N3. The van der Waals surface area contributed by atoms with Crippen molar-refractivity contribution in [1.82, 2.24) is 4.98 Å². The number of nitrogens with two attached hydrogens (primary N) is 1. The summed E-state index contributed by atoms with van der Waals surface area (Å²) in [5, 5.41) is 1.05. The van der Waals surface area contributed by atoms with Crippen molar-refractivity contribution in [1.29, 1.82) is 0 Å². The molecule has 1 aromatic heterocycles. The van der Waals surface area contributed by atoms with Crippen LogP contribution in [0.1, 0.15) is 26.7 Å². The number of pyridine rings is 1. The molecule has 96 valence electrons. The van der Waals surface area contributed by atoms with Crippen molar-refractivity contribution < 1.29 is 0 Å². The Morgan fingerprint density at radius 3 is 2.50 bits per heavy atom. The van der Waals surface area contributed by atoms with Crippen molar-refractivity contribution in [2.45, 2.75) is 26.7 Å². The number of fused-ring (bicyclic) bond motifs is 1. The van der Waals surface area contributed by atoms with Gasteiger partial charge in [-0.05, 0) is 37.1 Å². The van der Waals surface area contributed by atoms with Crippen LogP contribution >= 0.6 is 0 Å². The third-order valence-corrected chi connectivity index (χ3v) is 3.11. The van der Waals surface area contributed by atoms with E-state index in [4.69, 9.17) is 5.73 Å². The van der Waals surface area contributed by atoms with E-state index in [0.29, 0.717) is 0 Å². The highest BCUT2D eigenvalue weighted by Gasteiger charge is 2.10. The lowest BCUT2D eigenvalue weighted by Gasteiger charge is -2.25. The first-order chi connectivity index (χ1) is 8.77. The largest absolute Gasteiger partial charge is 0.398 e. The van der Waals surface area contributed by atoms with E-state index in [1.165, 1.54) is 5.69 Å². The maximum absolute atomic E-state index is 6.01. The lowest BCUT2D eigenvalue weighted by molar-refractivity contribution is 0.747. The van der Waals surface area contributed by atoms with E-state index in [2.05, 4.69) is 29.8 Å². The predicted molar refractivity (Wildman–Crippen MR) is 79.0 cm³/mol. The average Bonchev–Trinajstić information content (AvgIpc) is 2.39. The number of rotatable bonds is 5. The summed E-state index contributed by atoms with van der Waals surface area (Å²) in [6.45, 7) is 6.53. The van der Waals surface area contributed by atoms with Crippen molar-refractivity contribution in [3.63, 3.8) is 0 Å². The summed E-state index contributed by atoms with van der Waals surface area (Å²) in [6.07, 6.45) is 4.11. The first-order valence-electron chi connectivity index (χ1n) is 6.66. The topological polar surface area (TPSA) is 42.1 Å². The molecule has 3 heteroatoms. The van der Waals surface area contributed by atoms with Gasteiger partial charge in [-0.1, -0.05) is 13.8 Å². The predicted octanol–water partition coefficient (Wildman–Crippen LogP) is 3.44. The summed E-state index contributed by atoms with van der Waals surface area (Å²) in [6, 6.07) is 8.05. The molecule has 0 atom stereocenters. The number of benzene rings is 1. The summed E-state index contributed by atoms with van der Waals surface area (Å²) in [4.78, 5) is 6.90. The Morgan fingerprint density at radius 2 is 1.83 bits per heavy atom. The normalized spacial score (nSPS) is 10.8. The first-order valence-corrected chi connectivity index (χ1v) is 6.66. The Labute approximate surface area is 109 Å². The molecule has 0 saturated heterocycles. The fraction of sp³-hybridized carbons (Fsp3) is 0.400. The molecule has 0 fully saturated rings. The lowest BCUT2D eigenvalue weighted by atomic mass is 10.1. The molecule has 18 heavy (non-hydrogen) atoms. The molecule has 1 aromatic carbocycles. The van der Waals surface area contributed by atoms with Gasteiger partial charge in [-0.25, -0.2) is 0 Å². The molecule has 0 aliphatic carbocycles. The van der Waals surface area contributed by atoms with Gasteiger partial charge in [0.1, 0.15) is 0 Å². The Morgan fingerprint density at radius 1 is 1.11 bits per heavy atom. The molecule has 0 unspecified atom stereocenters. The van der Waals surface area contributed by atoms with E-state index in [0.717, 1.165) is 42.5 Å². The van der Waals surface area contributed by atoms with Crippen LogP contribution in [-0.4, -0.2) is 18.1 Å². The molecule has 3 nitrogen and oxygen atoms in total. The molecule has 1 heterocycles. The molecule has 0 aliphatic rings. The lowest BCUT2D eigenvalue weighted by Crippen LogP contribution is -2.25. The monoisotopic (exact) mass is 243 g/mol. The van der Waals surface area contributed by atoms with Crippen LogP contribution in [0.15, 0.2) is 30.5 Å². The van der Waals surface area contributed by atoms with Crippen LogP contribution in [0.3, 0.4) is 0 Å². The van der Waals surface area contributed by atoms with Gasteiger partial charge in [-0.2, -0.15) is 0 Å². The summed E-state index contributed by atoms with van der Waals surface area (Å²) < 4.78 is 0. The van der Waals surface area contributed by atoms with E-state index < -0.39 is 0 Å². The molecule has 0 radical (unpaired) electrons. The van der Waals surface area contributed by atoms with Crippen LogP contribution < -0.4 is 10.6 Å². The third kappa shape index (κ3) is 2.40. The smallest absolute Gasteiger partial charge is 0.0955 e. The van der Waals surface area contributed by atoms with Crippen molar-refractivity contribution in [2.24, 2.45) is 0 Å². The maximum atomic E-state index is 6.01. The Balaban J connectivity index is 2.52. The average molecular weight is 243 g/mol. The molecule has 0 spiro atoms. The van der Waals surface area contributed by atoms with Crippen LogP contribution in [0.4, 0.5) is 11.4 Å². The van der Waals surface area contributed by atoms with Crippen molar-refractivity contribution in [3.8, 4) is 0 Å². The summed E-state index contributed by atoms with van der Waals surface area (Å²) in [7, 11) is 0. The molecule has 2 aromatic rings. The standard InChI is InChI=1S/C15H21N3/c1-3-10-18(11-4-2)14-8-7-13(16)12-6-5-9-17-15(12)14/h5-9H,3-4,10-11,16H2,1-2H3. The molecule has 2 N–H and O–H groups in total. The highest BCUT2D eigenvalue weighted by atomic mass is 15.1. The fourth-order valence-corrected chi connectivity index (χ4v) is 2.33. The molecule has 0 bridgehead atoms. The van der Waals surface area contributed by atoms with Crippen LogP contribution in [0, 0.1) is 0 Å². The van der Waals surface area contributed by atoms with Gasteiger partial charge in [-0.15, -0.1) is 0 Å². The zero-order valence-corrected chi connectivity index (χ0v) is 11.2. The van der Waals surface area contributed by atoms with Gasteiger partial charge in [0.05, 0.1) is 11.2 Å². The molecular weight excluding hydrogens is 222 g/mol. The third-order valence-electron chi connectivity index (χ3n) is 3.11. The second-order valence-electron chi connectivity index (χ2n) is 4.56. The number of nitrogens with zero attached hydrogens (tertiary/aromatic N) is 2. The summed E-state index contributed by atoms with van der Waals surface area (Å²) in [5.74, 6) is 0. The fourth-order valence-electron chi connectivity index (χ4n) is 2.33. The van der Waals surface area contributed by atoms with E-state index >= 15 is 0 Å². The minimum Gasteiger partial charge on any atom is -0.398 e. The van der Waals surface area contributed by atoms with Crippen molar-refractivity contribution >= 4 is 22.3 Å². The Kier molecular flexibility index (Phi) is 4.03. The molecule has 2 rings (SSSR count). The van der Waals surface area contributed by atoms with Crippen LogP contribution in [-0.2, 0) is 0 Å². The zero-order valence-electron chi connectivity index (χ0n) is 11.2. The van der Waals surface area contributed by atoms with E-state index in [9.17, 15) is 0 Å².